The lowest BCUT2D eigenvalue weighted by atomic mass is 9.88. The van der Waals surface area contributed by atoms with Gasteiger partial charge in [-0.1, -0.05) is 18.2 Å². The maximum atomic E-state index is 12.4. The Morgan fingerprint density at radius 2 is 1.94 bits per heavy atom. The van der Waals surface area contributed by atoms with Crippen molar-refractivity contribution in [2.75, 3.05) is 18.4 Å². The van der Waals surface area contributed by atoms with Crippen molar-refractivity contribution in [3.8, 4) is 6.07 Å². The fourth-order valence-corrected chi connectivity index (χ4v) is 3.86. The van der Waals surface area contributed by atoms with Gasteiger partial charge in [0.1, 0.15) is 11.2 Å². The van der Waals surface area contributed by atoms with Gasteiger partial charge in [0, 0.05) is 25.0 Å². The van der Waals surface area contributed by atoms with E-state index in [1.807, 2.05) is 51.1 Å². The number of hydrogen-bond donors (Lipinski definition) is 2. The number of nitrogens with two attached hydrogens (primary N) is 1. The van der Waals surface area contributed by atoms with Crippen LogP contribution in [0.2, 0.25) is 0 Å². The summed E-state index contributed by atoms with van der Waals surface area (Å²) in [4.78, 5) is 26.1. The van der Waals surface area contributed by atoms with Gasteiger partial charge in [-0.25, -0.2) is 4.79 Å². The minimum atomic E-state index is -0.592. The number of carbonyl (C=O) groups is 2. The van der Waals surface area contributed by atoms with Gasteiger partial charge in [-0.05, 0) is 51.7 Å². The Kier molecular flexibility index (Phi) is 7.03. The number of ether oxygens (including phenoxy) is 1. The topological polar surface area (TPSA) is 126 Å². The fraction of sp³-hybridized carbons (Fsp3) is 0.478. The number of amides is 2. The van der Waals surface area contributed by atoms with Gasteiger partial charge in [0.2, 0.25) is 0 Å². The molecule has 1 aliphatic heterocycles. The number of primary amides is 1. The molecule has 3 rings (SSSR count). The SMILES string of the molecule is CC(C)(C)OC(=O)N1CCC([C@@H](CC#N)n2cc(C(N)=O)c(Nc3ccccc3)n2)CC1. The molecule has 0 aliphatic carbocycles. The van der Waals surface area contributed by atoms with Gasteiger partial charge in [-0.15, -0.1) is 0 Å². The molecule has 32 heavy (non-hydrogen) atoms. The van der Waals surface area contributed by atoms with Crippen LogP contribution in [0.3, 0.4) is 0 Å². The van der Waals surface area contributed by atoms with Crippen molar-refractivity contribution in [3.63, 3.8) is 0 Å². The highest BCUT2D eigenvalue weighted by Crippen LogP contribution is 2.33. The van der Waals surface area contributed by atoms with Gasteiger partial charge in [-0.2, -0.15) is 10.4 Å². The zero-order chi connectivity index (χ0) is 23.3. The van der Waals surface area contributed by atoms with E-state index in [2.05, 4.69) is 16.5 Å². The summed E-state index contributed by atoms with van der Waals surface area (Å²) >= 11 is 0. The third kappa shape index (κ3) is 5.78. The van der Waals surface area contributed by atoms with Crippen molar-refractivity contribution in [3.05, 3.63) is 42.1 Å². The van der Waals surface area contributed by atoms with Gasteiger partial charge in [0.15, 0.2) is 5.82 Å². The molecule has 1 atom stereocenters. The average molecular weight is 439 g/mol. The van der Waals surface area contributed by atoms with Crippen molar-refractivity contribution in [1.82, 2.24) is 14.7 Å². The summed E-state index contributed by atoms with van der Waals surface area (Å²) in [6, 6.07) is 11.4. The minimum absolute atomic E-state index is 0.124. The number of nitriles is 1. The maximum absolute atomic E-state index is 12.4. The molecule has 2 aromatic rings. The molecule has 3 N–H and O–H groups in total. The molecule has 9 heteroatoms. The molecule has 1 aliphatic rings. The van der Waals surface area contributed by atoms with Crippen molar-refractivity contribution in [1.29, 1.82) is 5.26 Å². The Hall–Kier alpha value is -3.54. The quantitative estimate of drug-likeness (QED) is 0.706. The van der Waals surface area contributed by atoms with Crippen molar-refractivity contribution >= 4 is 23.5 Å². The number of aromatic nitrogens is 2. The standard InChI is InChI=1S/C23H30N6O3/c1-23(2,3)32-22(31)28-13-10-16(11-14-28)19(9-12-24)29-15-18(20(25)30)21(27-29)26-17-7-5-4-6-8-17/h4-8,15-16,19H,9-11,13-14H2,1-3H3,(H2,25,30)(H,26,27)/t19-/m1/s1. The summed E-state index contributed by atoms with van der Waals surface area (Å²) < 4.78 is 7.13. The second-order valence-electron chi connectivity index (χ2n) is 8.96. The van der Waals surface area contributed by atoms with E-state index in [9.17, 15) is 14.9 Å². The molecule has 9 nitrogen and oxygen atoms in total. The number of hydrogen-bond acceptors (Lipinski definition) is 6. The molecule has 0 spiro atoms. The number of rotatable bonds is 6. The van der Waals surface area contributed by atoms with E-state index < -0.39 is 11.5 Å². The highest BCUT2D eigenvalue weighted by molar-refractivity contribution is 5.98. The van der Waals surface area contributed by atoms with E-state index in [1.165, 1.54) is 0 Å². The molecular formula is C23H30N6O3. The Bertz CT molecular complexity index is 981. The fourth-order valence-electron chi connectivity index (χ4n) is 3.86. The smallest absolute Gasteiger partial charge is 0.410 e. The average Bonchev–Trinajstić information content (AvgIpc) is 3.15. The van der Waals surface area contributed by atoms with Crippen LogP contribution in [0, 0.1) is 17.2 Å². The lowest BCUT2D eigenvalue weighted by Gasteiger charge is -2.36. The van der Waals surface area contributed by atoms with Crippen LogP contribution in [0.4, 0.5) is 16.3 Å². The molecule has 0 unspecified atom stereocenters. The number of nitrogens with one attached hydrogen (secondary N) is 1. The van der Waals surface area contributed by atoms with Crippen LogP contribution in [0.1, 0.15) is 56.4 Å². The zero-order valence-corrected chi connectivity index (χ0v) is 18.7. The number of carbonyl (C=O) groups excluding carboxylic acids is 2. The van der Waals surface area contributed by atoms with E-state index in [1.54, 1.807) is 15.8 Å². The summed E-state index contributed by atoms with van der Waals surface area (Å²) in [6.45, 7) is 6.61. The van der Waals surface area contributed by atoms with Crippen LogP contribution in [0.25, 0.3) is 0 Å². The van der Waals surface area contributed by atoms with Crippen molar-refractivity contribution < 1.29 is 14.3 Å². The van der Waals surface area contributed by atoms with Gasteiger partial charge >= 0.3 is 6.09 Å². The number of para-hydroxylation sites is 1. The highest BCUT2D eigenvalue weighted by Gasteiger charge is 2.32. The first kappa shape index (κ1) is 23.1. The zero-order valence-electron chi connectivity index (χ0n) is 18.7. The number of nitrogens with zero attached hydrogens (tertiary/aromatic N) is 4. The maximum Gasteiger partial charge on any atom is 0.410 e. The van der Waals surface area contributed by atoms with E-state index in [0.717, 1.165) is 5.69 Å². The Morgan fingerprint density at radius 1 is 1.28 bits per heavy atom. The second-order valence-corrected chi connectivity index (χ2v) is 8.96. The number of likely N-dealkylation sites (tertiary alicyclic amines) is 1. The molecule has 1 aromatic heterocycles. The number of piperidine rings is 1. The highest BCUT2D eigenvalue weighted by atomic mass is 16.6. The first-order valence-electron chi connectivity index (χ1n) is 10.7. The molecule has 0 saturated carbocycles. The van der Waals surface area contributed by atoms with Crippen molar-refractivity contribution in [2.24, 2.45) is 11.7 Å². The van der Waals surface area contributed by atoms with Crippen LogP contribution in [0.15, 0.2) is 36.5 Å². The summed E-state index contributed by atoms with van der Waals surface area (Å²) in [5.74, 6) is -0.110. The van der Waals surface area contributed by atoms with Crippen LogP contribution in [-0.2, 0) is 4.74 Å². The normalized spacial score (nSPS) is 15.6. The molecule has 1 fully saturated rings. The molecule has 170 valence electrons. The molecule has 2 heterocycles. The summed E-state index contributed by atoms with van der Waals surface area (Å²) in [6.07, 6.45) is 2.94. The predicted octanol–water partition coefficient (Wildman–Crippen LogP) is 3.83. The first-order valence-corrected chi connectivity index (χ1v) is 10.7. The molecule has 1 aromatic carbocycles. The van der Waals surface area contributed by atoms with E-state index in [-0.39, 0.29) is 30.0 Å². The molecule has 0 radical (unpaired) electrons. The van der Waals surface area contributed by atoms with E-state index >= 15 is 0 Å². The van der Waals surface area contributed by atoms with Crippen LogP contribution in [0.5, 0.6) is 0 Å². The van der Waals surface area contributed by atoms with Crippen LogP contribution < -0.4 is 11.1 Å². The van der Waals surface area contributed by atoms with Crippen LogP contribution in [-0.4, -0.2) is 45.4 Å². The minimum Gasteiger partial charge on any atom is -0.444 e. The molecule has 1 saturated heterocycles. The first-order chi connectivity index (χ1) is 15.2. The van der Waals surface area contributed by atoms with Gasteiger partial charge in [0.05, 0.1) is 18.5 Å². The number of anilines is 2. The third-order valence-corrected chi connectivity index (χ3v) is 5.41. The summed E-state index contributed by atoms with van der Waals surface area (Å²) in [7, 11) is 0. The second kappa shape index (κ2) is 9.73. The summed E-state index contributed by atoms with van der Waals surface area (Å²) in [5, 5.41) is 17.1. The molecule has 2 amide bonds. The van der Waals surface area contributed by atoms with E-state index in [0.29, 0.717) is 31.7 Å². The Morgan fingerprint density at radius 3 is 2.50 bits per heavy atom. The summed E-state index contributed by atoms with van der Waals surface area (Å²) in [5.41, 5.74) is 6.09. The molecular weight excluding hydrogens is 408 g/mol. The molecule has 0 bridgehead atoms. The lowest BCUT2D eigenvalue weighted by molar-refractivity contribution is 0.0160. The van der Waals surface area contributed by atoms with Gasteiger partial charge in [0.25, 0.3) is 5.91 Å². The number of benzene rings is 1. The third-order valence-electron chi connectivity index (χ3n) is 5.41. The van der Waals surface area contributed by atoms with Gasteiger partial charge < -0.3 is 20.7 Å². The van der Waals surface area contributed by atoms with Gasteiger partial charge in [-0.3, -0.25) is 9.48 Å². The van der Waals surface area contributed by atoms with Crippen molar-refractivity contribution in [2.45, 2.75) is 51.7 Å². The predicted molar refractivity (Wildman–Crippen MR) is 120 cm³/mol. The lowest BCUT2D eigenvalue weighted by Crippen LogP contribution is -2.43. The van der Waals surface area contributed by atoms with E-state index in [4.69, 9.17) is 10.5 Å². The Labute approximate surface area is 188 Å². The Balaban J connectivity index is 1.76. The largest absolute Gasteiger partial charge is 0.444 e. The monoisotopic (exact) mass is 438 g/mol. The van der Waals surface area contributed by atoms with Crippen LogP contribution >= 0.6 is 0 Å².